The fraction of sp³-hybridized carbons (Fsp3) is 0.364. The number of nitrogens with zero attached hydrogens (tertiary/aromatic N) is 1. The number of hydrogen-bond acceptors (Lipinski definition) is 3. The zero-order valence-corrected chi connectivity index (χ0v) is 17.4. The van der Waals surface area contributed by atoms with E-state index in [0.29, 0.717) is 34.2 Å². The molecule has 5 nitrogen and oxygen atoms in total. The van der Waals surface area contributed by atoms with E-state index in [1.807, 2.05) is 13.8 Å². The fourth-order valence-electron chi connectivity index (χ4n) is 3.98. The van der Waals surface area contributed by atoms with E-state index in [9.17, 15) is 9.59 Å². The molecular formula is C22H22FN3O2S. The van der Waals surface area contributed by atoms with E-state index in [2.05, 4.69) is 21.8 Å². The number of fused-ring (bicyclic) bond motifs is 1. The van der Waals surface area contributed by atoms with Gasteiger partial charge in [-0.2, -0.15) is 0 Å². The molecule has 3 rings (SSSR count). The summed E-state index contributed by atoms with van der Waals surface area (Å²) < 4.78 is 15.2. The van der Waals surface area contributed by atoms with E-state index < -0.39 is 17.6 Å². The molecule has 1 aromatic heterocycles. The number of halogens is 1. The molecule has 1 fully saturated rings. The number of amides is 2. The lowest BCUT2D eigenvalue weighted by atomic mass is 9.77. The predicted molar refractivity (Wildman–Crippen MR) is 116 cm³/mol. The number of carbonyl (C=O) groups excluding carboxylic acids is 2. The normalized spacial score (nSPS) is 19.4. The molecule has 3 N–H and O–H groups in total. The molecule has 1 heterocycles. The Morgan fingerprint density at radius 1 is 1.38 bits per heavy atom. The molecule has 7 heteroatoms. The third kappa shape index (κ3) is 3.99. The summed E-state index contributed by atoms with van der Waals surface area (Å²) in [6.45, 7) is 5.35. The first-order valence-corrected chi connectivity index (χ1v) is 9.80. The van der Waals surface area contributed by atoms with Gasteiger partial charge in [-0.15, -0.1) is 0 Å². The molecule has 1 aromatic carbocycles. The van der Waals surface area contributed by atoms with Crippen molar-refractivity contribution in [1.29, 1.82) is 0 Å². The lowest BCUT2D eigenvalue weighted by Gasteiger charge is -2.29. The first-order chi connectivity index (χ1) is 13.7. The van der Waals surface area contributed by atoms with Gasteiger partial charge in [0.25, 0.3) is 5.91 Å². The van der Waals surface area contributed by atoms with Crippen LogP contribution in [0.4, 0.5) is 4.39 Å². The van der Waals surface area contributed by atoms with E-state index in [-0.39, 0.29) is 17.4 Å². The number of carbonyl (C=O) groups is 2. The Kier molecular flexibility index (Phi) is 5.94. The first kappa shape index (κ1) is 20.9. The number of benzene rings is 1. The van der Waals surface area contributed by atoms with Gasteiger partial charge < -0.3 is 10.7 Å². The summed E-state index contributed by atoms with van der Waals surface area (Å²) in [5.74, 6) is 3.04. The summed E-state index contributed by atoms with van der Waals surface area (Å²) in [4.78, 5) is 31.0. The van der Waals surface area contributed by atoms with Crippen LogP contribution in [0.3, 0.4) is 0 Å². The smallest absolute Gasteiger partial charge is 0.321 e. The molecule has 1 aliphatic rings. The number of rotatable bonds is 3. The minimum atomic E-state index is -0.677. The fourth-order valence-corrected chi connectivity index (χ4v) is 4.43. The number of aliphatic imine (C=N–C) groups is 1. The van der Waals surface area contributed by atoms with Crippen LogP contribution in [0.2, 0.25) is 0 Å². The zero-order chi connectivity index (χ0) is 21.3. The van der Waals surface area contributed by atoms with Gasteiger partial charge in [0.15, 0.2) is 0 Å². The SMILES string of the molecule is CC#CC(=O)N=CC1CC[C@H](c2c(F)cc(C(N)=O)c3[nH]c(C)c(C)c23)C(=S)C1. The molecule has 2 amide bonds. The number of primary amides is 1. The second-order valence-corrected chi connectivity index (χ2v) is 7.85. The van der Waals surface area contributed by atoms with Crippen LogP contribution < -0.4 is 5.73 Å². The van der Waals surface area contributed by atoms with Crippen molar-refractivity contribution in [3.8, 4) is 11.8 Å². The highest BCUT2D eigenvalue weighted by molar-refractivity contribution is 7.80. The van der Waals surface area contributed by atoms with Crippen molar-refractivity contribution in [2.45, 2.75) is 46.0 Å². The first-order valence-electron chi connectivity index (χ1n) is 9.39. The summed E-state index contributed by atoms with van der Waals surface area (Å²) in [7, 11) is 0. The van der Waals surface area contributed by atoms with Gasteiger partial charge >= 0.3 is 5.91 Å². The van der Waals surface area contributed by atoms with Gasteiger partial charge in [-0.1, -0.05) is 18.1 Å². The second-order valence-electron chi connectivity index (χ2n) is 7.33. The van der Waals surface area contributed by atoms with Crippen LogP contribution in [-0.4, -0.2) is 27.9 Å². The van der Waals surface area contributed by atoms with Crippen LogP contribution in [0, 0.1) is 37.4 Å². The van der Waals surface area contributed by atoms with Crippen molar-refractivity contribution in [1.82, 2.24) is 4.98 Å². The summed E-state index contributed by atoms with van der Waals surface area (Å²) in [6.07, 6.45) is 3.50. The van der Waals surface area contributed by atoms with Crippen LogP contribution in [0.5, 0.6) is 0 Å². The van der Waals surface area contributed by atoms with Gasteiger partial charge in [-0.25, -0.2) is 9.38 Å². The topological polar surface area (TPSA) is 88.3 Å². The summed E-state index contributed by atoms with van der Waals surface area (Å²) in [5.41, 5.74) is 8.41. The van der Waals surface area contributed by atoms with Crippen LogP contribution in [0.15, 0.2) is 11.1 Å². The molecule has 0 radical (unpaired) electrons. The minimum absolute atomic E-state index is 0.0267. The molecule has 2 atom stereocenters. The molecule has 1 unspecified atom stereocenters. The molecule has 1 saturated carbocycles. The number of aromatic amines is 1. The summed E-state index contributed by atoms with van der Waals surface area (Å²) >= 11 is 5.63. The maximum Gasteiger partial charge on any atom is 0.321 e. The van der Waals surface area contributed by atoms with Crippen molar-refractivity contribution in [2.75, 3.05) is 0 Å². The molecule has 0 aliphatic heterocycles. The standard InChI is InChI=1S/C22H22FN3O2S/c1-4-5-18(27)25-10-13-6-7-14(17(29)8-13)20-16(23)9-15(22(24)28)21-19(20)11(2)12(3)26-21/h9-10,13-14,26H,6-8H2,1-3H3,(H2,24,28)/t13?,14-/m0/s1. The van der Waals surface area contributed by atoms with Gasteiger partial charge in [-0.3, -0.25) is 9.59 Å². The minimum Gasteiger partial charge on any atom is -0.366 e. The molecule has 150 valence electrons. The lowest BCUT2D eigenvalue weighted by Crippen LogP contribution is -2.24. The average Bonchev–Trinajstić information content (AvgIpc) is 2.95. The number of thiocarbonyl (C=S) groups is 1. The van der Waals surface area contributed by atoms with E-state index in [0.717, 1.165) is 17.7 Å². The van der Waals surface area contributed by atoms with E-state index >= 15 is 4.39 Å². The van der Waals surface area contributed by atoms with E-state index in [1.165, 1.54) is 6.07 Å². The Hall–Kier alpha value is -2.85. The molecule has 0 spiro atoms. The zero-order valence-electron chi connectivity index (χ0n) is 16.6. The van der Waals surface area contributed by atoms with Gasteiger partial charge in [0.05, 0.1) is 11.1 Å². The number of nitrogens with one attached hydrogen (secondary N) is 1. The summed E-state index contributed by atoms with van der Waals surface area (Å²) in [5, 5.41) is 0.684. The average molecular weight is 412 g/mol. The van der Waals surface area contributed by atoms with Crippen molar-refractivity contribution in [2.24, 2.45) is 16.6 Å². The van der Waals surface area contributed by atoms with Crippen LogP contribution in [-0.2, 0) is 4.79 Å². The van der Waals surface area contributed by atoms with Gasteiger partial charge in [0.1, 0.15) is 5.82 Å². The molecular weight excluding hydrogens is 389 g/mol. The molecule has 2 aromatic rings. The van der Waals surface area contributed by atoms with Crippen LogP contribution >= 0.6 is 12.2 Å². The third-order valence-corrected chi connectivity index (χ3v) is 5.94. The highest BCUT2D eigenvalue weighted by atomic mass is 32.1. The Morgan fingerprint density at radius 3 is 2.72 bits per heavy atom. The Balaban J connectivity index is 1.98. The molecule has 0 saturated heterocycles. The maximum absolute atomic E-state index is 15.2. The number of H-pyrrole nitrogens is 1. The van der Waals surface area contributed by atoms with E-state index in [4.69, 9.17) is 18.0 Å². The molecule has 29 heavy (non-hydrogen) atoms. The number of hydrogen-bond donors (Lipinski definition) is 2. The van der Waals surface area contributed by atoms with E-state index in [1.54, 1.807) is 13.1 Å². The van der Waals surface area contributed by atoms with Gasteiger partial charge in [0, 0.05) is 33.6 Å². The number of aryl methyl sites for hydroxylation is 2. The second kappa shape index (κ2) is 8.26. The van der Waals surface area contributed by atoms with Gasteiger partial charge in [-0.05, 0) is 63.5 Å². The highest BCUT2D eigenvalue weighted by Crippen LogP contribution is 2.41. The van der Waals surface area contributed by atoms with Crippen molar-refractivity contribution in [3.05, 3.63) is 34.3 Å². The third-order valence-electron chi connectivity index (χ3n) is 5.49. The maximum atomic E-state index is 15.2. The summed E-state index contributed by atoms with van der Waals surface area (Å²) in [6, 6.07) is 1.20. The predicted octanol–water partition coefficient (Wildman–Crippen LogP) is 3.90. The lowest BCUT2D eigenvalue weighted by molar-refractivity contribution is -0.112. The van der Waals surface area contributed by atoms with Crippen molar-refractivity contribution < 1.29 is 14.0 Å². The van der Waals surface area contributed by atoms with Crippen molar-refractivity contribution in [3.63, 3.8) is 0 Å². The Labute approximate surface area is 174 Å². The quantitative estimate of drug-likeness (QED) is 0.456. The van der Waals surface area contributed by atoms with Crippen LogP contribution in [0.1, 0.15) is 59.3 Å². The Bertz CT molecular complexity index is 1120. The van der Waals surface area contributed by atoms with Crippen molar-refractivity contribution >= 4 is 46.0 Å². The number of nitrogens with two attached hydrogens (primary N) is 1. The largest absolute Gasteiger partial charge is 0.366 e. The monoisotopic (exact) mass is 411 g/mol. The van der Waals surface area contributed by atoms with Gasteiger partial charge in [0.2, 0.25) is 0 Å². The number of aromatic nitrogens is 1. The Morgan fingerprint density at radius 2 is 2.10 bits per heavy atom. The van der Waals surface area contributed by atoms with Crippen LogP contribution in [0.25, 0.3) is 10.9 Å². The molecule has 1 aliphatic carbocycles. The molecule has 0 bridgehead atoms. The highest BCUT2D eigenvalue weighted by Gasteiger charge is 2.31.